The summed E-state index contributed by atoms with van der Waals surface area (Å²) in [5.74, 6) is 0.116. The minimum atomic E-state index is -0.0801. The maximum absolute atomic E-state index is 12.8. The van der Waals surface area contributed by atoms with E-state index < -0.39 is 0 Å². The second kappa shape index (κ2) is 9.20. The number of amidine groups is 1. The molecule has 0 bridgehead atoms. The van der Waals surface area contributed by atoms with E-state index in [0.29, 0.717) is 16.7 Å². The van der Waals surface area contributed by atoms with Gasteiger partial charge in [0.05, 0.1) is 18.0 Å². The van der Waals surface area contributed by atoms with E-state index in [1.807, 2.05) is 36.4 Å². The summed E-state index contributed by atoms with van der Waals surface area (Å²) in [4.78, 5) is 14.6. The number of hydrogen-bond acceptors (Lipinski definition) is 4. The number of amides is 1. The summed E-state index contributed by atoms with van der Waals surface area (Å²) >= 11 is 7.41. The molecule has 1 heterocycles. The predicted molar refractivity (Wildman–Crippen MR) is 114 cm³/mol. The lowest BCUT2D eigenvalue weighted by Crippen LogP contribution is -2.31. The number of thioether (sulfide) groups is 1. The van der Waals surface area contributed by atoms with Crippen LogP contribution in [0.1, 0.15) is 36.5 Å². The third-order valence-electron chi connectivity index (χ3n) is 4.38. The third kappa shape index (κ3) is 4.99. The standard InChI is InChI=1S/C21H22ClN3OS/c1-3-6-19-20(26)25(14-17-8-5-4-7-15(17)2)21(27-19)24-23-13-16-9-11-18(22)12-10-16/h4-5,7-13,19H,3,6,14H2,1-2H3/b23-13+,24-21-. The molecule has 1 aliphatic heterocycles. The van der Waals surface area contributed by atoms with Gasteiger partial charge >= 0.3 is 0 Å². The van der Waals surface area contributed by atoms with Crippen LogP contribution in [0.25, 0.3) is 0 Å². The van der Waals surface area contributed by atoms with E-state index in [9.17, 15) is 4.79 Å². The maximum Gasteiger partial charge on any atom is 0.242 e. The second-order valence-corrected chi connectivity index (χ2v) is 8.03. The van der Waals surface area contributed by atoms with Crippen LogP contribution in [-0.4, -0.2) is 27.4 Å². The van der Waals surface area contributed by atoms with Gasteiger partial charge in [0, 0.05) is 5.02 Å². The summed E-state index contributed by atoms with van der Waals surface area (Å²) < 4.78 is 0. The Morgan fingerprint density at radius 1 is 1.19 bits per heavy atom. The Kier molecular flexibility index (Phi) is 6.69. The first-order chi connectivity index (χ1) is 13.1. The number of nitrogens with zero attached hydrogens (tertiary/aromatic N) is 3. The number of carbonyl (C=O) groups excluding carboxylic acids is 1. The van der Waals surface area contributed by atoms with Gasteiger partial charge in [-0.15, -0.1) is 5.10 Å². The van der Waals surface area contributed by atoms with Crippen LogP contribution in [0.2, 0.25) is 5.02 Å². The minimum absolute atomic E-state index is 0.0801. The monoisotopic (exact) mass is 399 g/mol. The summed E-state index contributed by atoms with van der Waals surface area (Å²) in [7, 11) is 0. The molecule has 1 atom stereocenters. The van der Waals surface area contributed by atoms with Crippen LogP contribution in [0.15, 0.2) is 58.7 Å². The molecule has 0 spiro atoms. The van der Waals surface area contributed by atoms with Gasteiger partial charge in [0.25, 0.3) is 0 Å². The first-order valence-corrected chi connectivity index (χ1v) is 10.2. The van der Waals surface area contributed by atoms with Gasteiger partial charge in [-0.1, -0.05) is 73.1 Å². The van der Waals surface area contributed by atoms with Crippen LogP contribution in [0, 0.1) is 6.92 Å². The number of hydrogen-bond donors (Lipinski definition) is 0. The molecule has 4 nitrogen and oxygen atoms in total. The van der Waals surface area contributed by atoms with Crippen molar-refractivity contribution in [2.24, 2.45) is 10.2 Å². The van der Waals surface area contributed by atoms with Crippen LogP contribution in [-0.2, 0) is 11.3 Å². The Morgan fingerprint density at radius 3 is 2.63 bits per heavy atom. The van der Waals surface area contributed by atoms with E-state index in [1.165, 1.54) is 17.3 Å². The van der Waals surface area contributed by atoms with Gasteiger partial charge in [0.2, 0.25) is 5.91 Å². The summed E-state index contributed by atoms with van der Waals surface area (Å²) in [5.41, 5.74) is 3.20. The smallest absolute Gasteiger partial charge is 0.242 e. The van der Waals surface area contributed by atoms with Gasteiger partial charge in [-0.2, -0.15) is 5.10 Å². The number of halogens is 1. The zero-order valence-electron chi connectivity index (χ0n) is 15.4. The lowest BCUT2D eigenvalue weighted by molar-refractivity contribution is -0.126. The van der Waals surface area contributed by atoms with E-state index >= 15 is 0 Å². The van der Waals surface area contributed by atoms with Gasteiger partial charge in [0.1, 0.15) is 0 Å². The molecule has 1 aliphatic rings. The highest BCUT2D eigenvalue weighted by molar-refractivity contribution is 8.15. The van der Waals surface area contributed by atoms with E-state index in [-0.39, 0.29) is 11.2 Å². The topological polar surface area (TPSA) is 45.0 Å². The van der Waals surface area contributed by atoms with Crippen LogP contribution >= 0.6 is 23.4 Å². The highest BCUT2D eigenvalue weighted by Gasteiger charge is 2.37. The van der Waals surface area contributed by atoms with Gasteiger partial charge in [0.15, 0.2) is 5.17 Å². The molecule has 2 aromatic rings. The molecule has 140 valence electrons. The summed E-state index contributed by atoms with van der Waals surface area (Å²) in [6.07, 6.45) is 3.48. The van der Waals surface area contributed by atoms with Gasteiger partial charge < -0.3 is 0 Å². The molecule has 0 saturated carbocycles. The summed E-state index contributed by atoms with van der Waals surface area (Å²) in [6.45, 7) is 4.67. The van der Waals surface area contributed by atoms with Crippen LogP contribution < -0.4 is 0 Å². The average Bonchev–Trinajstić information content (AvgIpc) is 2.95. The number of carbonyl (C=O) groups is 1. The van der Waals surface area contributed by atoms with Crippen molar-refractivity contribution in [1.82, 2.24) is 4.90 Å². The first kappa shape index (κ1) is 19.6. The van der Waals surface area contributed by atoms with Crippen LogP contribution in [0.5, 0.6) is 0 Å². The lowest BCUT2D eigenvalue weighted by Gasteiger charge is -2.17. The Labute approximate surface area is 169 Å². The molecule has 2 aromatic carbocycles. The van der Waals surface area contributed by atoms with Crippen molar-refractivity contribution >= 4 is 40.7 Å². The fourth-order valence-electron chi connectivity index (χ4n) is 2.83. The SMILES string of the molecule is CCCC1S/C(=N\N=C\c2ccc(Cl)cc2)N(Cc2ccccc2C)C1=O. The van der Waals surface area contributed by atoms with Crippen molar-refractivity contribution in [2.45, 2.75) is 38.5 Å². The highest BCUT2D eigenvalue weighted by Crippen LogP contribution is 2.32. The molecular weight excluding hydrogens is 378 g/mol. The molecule has 1 saturated heterocycles. The first-order valence-electron chi connectivity index (χ1n) is 8.97. The van der Waals surface area contributed by atoms with Crippen molar-refractivity contribution in [2.75, 3.05) is 0 Å². The largest absolute Gasteiger partial charge is 0.284 e. The number of rotatable bonds is 6. The van der Waals surface area contributed by atoms with E-state index in [4.69, 9.17) is 11.6 Å². The molecule has 0 aromatic heterocycles. The van der Waals surface area contributed by atoms with E-state index in [1.54, 1.807) is 11.1 Å². The molecule has 6 heteroatoms. The Hall–Kier alpha value is -2.11. The Balaban J connectivity index is 1.82. The van der Waals surface area contributed by atoms with Crippen molar-refractivity contribution in [1.29, 1.82) is 0 Å². The van der Waals surface area contributed by atoms with E-state index in [0.717, 1.165) is 24.0 Å². The Bertz CT molecular complexity index is 864. The highest BCUT2D eigenvalue weighted by atomic mass is 35.5. The zero-order chi connectivity index (χ0) is 19.2. The zero-order valence-corrected chi connectivity index (χ0v) is 17.0. The number of benzene rings is 2. The predicted octanol–water partition coefficient (Wildman–Crippen LogP) is 5.28. The van der Waals surface area contributed by atoms with E-state index in [2.05, 4.69) is 36.2 Å². The molecule has 0 N–H and O–H groups in total. The quantitative estimate of drug-likeness (QED) is 0.489. The van der Waals surface area contributed by atoms with Crippen LogP contribution in [0.3, 0.4) is 0 Å². The minimum Gasteiger partial charge on any atom is -0.284 e. The molecule has 0 radical (unpaired) electrons. The molecule has 3 rings (SSSR count). The van der Waals surface area contributed by atoms with Gasteiger partial charge in [-0.3, -0.25) is 9.69 Å². The fourth-order valence-corrected chi connectivity index (χ4v) is 4.17. The second-order valence-electron chi connectivity index (χ2n) is 6.42. The van der Waals surface area contributed by atoms with Gasteiger partial charge in [-0.25, -0.2) is 0 Å². The molecule has 0 aliphatic carbocycles. The molecule has 1 unspecified atom stereocenters. The maximum atomic E-state index is 12.8. The summed E-state index contributed by atoms with van der Waals surface area (Å²) in [6, 6.07) is 15.5. The number of aryl methyl sites for hydroxylation is 1. The molecule has 1 amide bonds. The molecular formula is C21H22ClN3OS. The Morgan fingerprint density at radius 2 is 1.93 bits per heavy atom. The summed E-state index contributed by atoms with van der Waals surface area (Å²) in [5, 5.41) is 9.82. The average molecular weight is 400 g/mol. The lowest BCUT2D eigenvalue weighted by atomic mass is 10.1. The van der Waals surface area contributed by atoms with Crippen molar-refractivity contribution in [3.05, 3.63) is 70.2 Å². The third-order valence-corrected chi connectivity index (χ3v) is 5.87. The van der Waals surface area contributed by atoms with Crippen molar-refractivity contribution in [3.8, 4) is 0 Å². The van der Waals surface area contributed by atoms with Crippen molar-refractivity contribution < 1.29 is 4.79 Å². The van der Waals surface area contributed by atoms with Crippen LogP contribution in [0.4, 0.5) is 0 Å². The molecule has 1 fully saturated rings. The van der Waals surface area contributed by atoms with Gasteiger partial charge in [-0.05, 0) is 42.2 Å². The molecule has 27 heavy (non-hydrogen) atoms. The van der Waals surface area contributed by atoms with Crippen molar-refractivity contribution in [3.63, 3.8) is 0 Å². The fraction of sp³-hybridized carbons (Fsp3) is 0.286. The normalized spacial score (nSPS) is 18.8.